The lowest BCUT2D eigenvalue weighted by Gasteiger charge is -2.35. The van der Waals surface area contributed by atoms with E-state index >= 15 is 0 Å². The van der Waals surface area contributed by atoms with E-state index in [1.807, 2.05) is 50.2 Å². The highest BCUT2D eigenvalue weighted by atomic mass is 32.2. The summed E-state index contributed by atoms with van der Waals surface area (Å²) < 4.78 is 32.3. The van der Waals surface area contributed by atoms with Crippen molar-refractivity contribution in [3.8, 4) is 5.75 Å². The van der Waals surface area contributed by atoms with Gasteiger partial charge in [0.15, 0.2) is 9.84 Å². The highest BCUT2D eigenvalue weighted by Gasteiger charge is 2.44. The molecule has 5 nitrogen and oxygen atoms in total. The van der Waals surface area contributed by atoms with Crippen LogP contribution in [0.5, 0.6) is 5.75 Å². The molecule has 2 aromatic carbocycles. The number of rotatable bonds is 6. The molecule has 1 N–H and O–H groups in total. The van der Waals surface area contributed by atoms with Crippen LogP contribution in [0.15, 0.2) is 53.4 Å². The fraction of sp³-hybridized carbons (Fsp3) is 0.409. The second-order valence-electron chi connectivity index (χ2n) is 7.33. The number of fused-ring (bicyclic) bond motifs is 1. The quantitative estimate of drug-likeness (QED) is 0.799. The lowest BCUT2D eigenvalue weighted by molar-refractivity contribution is -0.120. The number of hydrogen-bond donors (Lipinski definition) is 1. The molecule has 2 atom stereocenters. The van der Waals surface area contributed by atoms with E-state index in [-0.39, 0.29) is 28.9 Å². The molecule has 0 spiro atoms. The topological polar surface area (TPSA) is 72.5 Å². The molecule has 0 unspecified atom stereocenters. The molecule has 6 heteroatoms. The Kier molecular flexibility index (Phi) is 5.91. The molecule has 2 aromatic rings. The molecule has 0 amide bonds. The summed E-state index contributed by atoms with van der Waals surface area (Å²) in [5.74, 6) is 0.252. The summed E-state index contributed by atoms with van der Waals surface area (Å²) in [7, 11) is -2.19. The number of methoxy groups -OCH3 is 1. The molecule has 0 saturated heterocycles. The highest BCUT2D eigenvalue weighted by molar-refractivity contribution is 7.91. The second kappa shape index (κ2) is 8.05. The Bertz CT molecular complexity index is 956. The molecule has 1 heterocycles. The van der Waals surface area contributed by atoms with Gasteiger partial charge in [0.25, 0.3) is 0 Å². The number of benzene rings is 2. The molecule has 3 rings (SSSR count). The molecule has 0 bridgehead atoms. The van der Waals surface area contributed by atoms with Gasteiger partial charge in [-0.25, -0.2) is 8.42 Å². The summed E-state index contributed by atoms with van der Waals surface area (Å²) in [6, 6.07) is 14.7. The van der Waals surface area contributed by atoms with Crippen LogP contribution in [0.3, 0.4) is 0 Å². The van der Waals surface area contributed by atoms with E-state index in [1.165, 1.54) is 7.11 Å². The minimum atomic E-state index is -3.68. The predicted molar refractivity (Wildman–Crippen MR) is 109 cm³/mol. The van der Waals surface area contributed by atoms with Gasteiger partial charge in [-0.3, -0.25) is 10.1 Å². The Morgan fingerprint density at radius 3 is 2.46 bits per heavy atom. The van der Waals surface area contributed by atoms with Crippen LogP contribution in [0.4, 0.5) is 0 Å². The SMILES string of the molecule is CCC(=O)C[C@@]1(CC)CS(=O)(=O)c2c(OC)cccc2[C@H](c2ccccc2)N1. The number of hydrogen-bond acceptors (Lipinski definition) is 5. The largest absolute Gasteiger partial charge is 0.495 e. The lowest BCUT2D eigenvalue weighted by atomic mass is 9.87. The van der Waals surface area contributed by atoms with Crippen molar-refractivity contribution in [2.24, 2.45) is 0 Å². The van der Waals surface area contributed by atoms with Crippen LogP contribution in [0.25, 0.3) is 0 Å². The van der Waals surface area contributed by atoms with Crippen molar-refractivity contribution >= 4 is 15.6 Å². The maximum atomic E-state index is 13.5. The zero-order valence-corrected chi connectivity index (χ0v) is 17.4. The standard InChI is InChI=1S/C22H27NO4S/c1-4-17(24)14-22(5-2)15-28(25,26)21-18(12-9-13-19(21)27-3)20(23-22)16-10-7-6-8-11-16/h6-13,20,23H,4-5,14-15H2,1-3H3/t20-,22-/m0/s1. The van der Waals surface area contributed by atoms with E-state index in [0.717, 1.165) is 5.56 Å². The van der Waals surface area contributed by atoms with Gasteiger partial charge in [0, 0.05) is 18.4 Å². The van der Waals surface area contributed by atoms with Crippen molar-refractivity contribution in [3.63, 3.8) is 0 Å². The van der Waals surface area contributed by atoms with E-state index in [1.54, 1.807) is 12.1 Å². The minimum absolute atomic E-state index is 0.0503. The van der Waals surface area contributed by atoms with Crippen molar-refractivity contribution < 1.29 is 17.9 Å². The number of Topliss-reactive ketones (excluding diaryl/α,β-unsaturated/α-hetero) is 1. The van der Waals surface area contributed by atoms with Crippen LogP contribution in [0.2, 0.25) is 0 Å². The average molecular weight is 402 g/mol. The fourth-order valence-corrected chi connectivity index (χ4v) is 6.22. The van der Waals surface area contributed by atoms with Crippen molar-refractivity contribution in [1.82, 2.24) is 5.32 Å². The van der Waals surface area contributed by atoms with Crippen LogP contribution < -0.4 is 10.1 Å². The van der Waals surface area contributed by atoms with Gasteiger partial charge in [-0.2, -0.15) is 0 Å². The molecule has 28 heavy (non-hydrogen) atoms. The van der Waals surface area contributed by atoms with Crippen molar-refractivity contribution in [2.75, 3.05) is 12.9 Å². The summed E-state index contributed by atoms with van der Waals surface area (Å²) in [6.07, 6.45) is 1.09. The van der Waals surface area contributed by atoms with Crippen LogP contribution >= 0.6 is 0 Å². The number of ether oxygens (including phenoxy) is 1. The van der Waals surface area contributed by atoms with Crippen LogP contribution in [-0.4, -0.2) is 32.6 Å². The summed E-state index contributed by atoms with van der Waals surface area (Å²) in [5, 5.41) is 3.57. The van der Waals surface area contributed by atoms with Gasteiger partial charge in [-0.05, 0) is 23.6 Å². The van der Waals surface area contributed by atoms with Gasteiger partial charge in [-0.1, -0.05) is 56.3 Å². The van der Waals surface area contributed by atoms with Gasteiger partial charge in [0.05, 0.1) is 18.9 Å². The normalized spacial score (nSPS) is 23.5. The van der Waals surface area contributed by atoms with E-state index in [9.17, 15) is 13.2 Å². The molecule has 1 aliphatic rings. The molecule has 0 radical (unpaired) electrons. The van der Waals surface area contributed by atoms with Crippen LogP contribution in [0, 0.1) is 0 Å². The molecule has 0 fully saturated rings. The van der Waals surface area contributed by atoms with Gasteiger partial charge in [0.2, 0.25) is 0 Å². The van der Waals surface area contributed by atoms with Gasteiger partial charge in [0.1, 0.15) is 16.4 Å². The molecule has 1 aliphatic heterocycles. The van der Waals surface area contributed by atoms with Crippen molar-refractivity contribution in [2.45, 2.75) is 49.6 Å². The summed E-state index contributed by atoms with van der Waals surface area (Å²) in [6.45, 7) is 3.74. The Morgan fingerprint density at radius 2 is 1.86 bits per heavy atom. The van der Waals surface area contributed by atoms with E-state index in [4.69, 9.17) is 4.74 Å². The Labute approximate surface area is 167 Å². The molecular weight excluding hydrogens is 374 g/mol. The lowest BCUT2D eigenvalue weighted by Crippen LogP contribution is -2.51. The minimum Gasteiger partial charge on any atom is -0.495 e. The molecule has 150 valence electrons. The highest BCUT2D eigenvalue weighted by Crippen LogP contribution is 2.41. The van der Waals surface area contributed by atoms with Gasteiger partial charge >= 0.3 is 0 Å². The molecule has 0 aromatic heterocycles. The first kappa shape index (κ1) is 20.6. The summed E-state index contributed by atoms with van der Waals surface area (Å²) in [4.78, 5) is 12.6. The van der Waals surface area contributed by atoms with Crippen molar-refractivity contribution in [3.05, 3.63) is 59.7 Å². The van der Waals surface area contributed by atoms with Gasteiger partial charge < -0.3 is 4.74 Å². The number of ketones is 1. The van der Waals surface area contributed by atoms with E-state index in [0.29, 0.717) is 24.2 Å². The second-order valence-corrected chi connectivity index (χ2v) is 9.26. The Hall–Kier alpha value is -2.18. The first-order chi connectivity index (χ1) is 13.4. The smallest absolute Gasteiger partial charge is 0.184 e. The van der Waals surface area contributed by atoms with E-state index in [2.05, 4.69) is 5.32 Å². The van der Waals surface area contributed by atoms with Crippen LogP contribution in [0.1, 0.15) is 50.3 Å². The Balaban J connectivity index is 2.26. The molecule has 0 aliphatic carbocycles. The zero-order chi connectivity index (χ0) is 20.4. The third-order valence-electron chi connectivity index (χ3n) is 5.51. The summed E-state index contributed by atoms with van der Waals surface area (Å²) >= 11 is 0. The maximum Gasteiger partial charge on any atom is 0.184 e. The number of carbonyl (C=O) groups is 1. The predicted octanol–water partition coefficient (Wildman–Crippen LogP) is 3.68. The number of nitrogens with one attached hydrogen (secondary N) is 1. The monoisotopic (exact) mass is 401 g/mol. The Morgan fingerprint density at radius 1 is 1.14 bits per heavy atom. The first-order valence-corrected chi connectivity index (χ1v) is 11.2. The fourth-order valence-electron chi connectivity index (χ4n) is 3.96. The summed E-state index contributed by atoms with van der Waals surface area (Å²) in [5.41, 5.74) is 0.775. The molecular formula is C22H27NO4S. The first-order valence-electron chi connectivity index (χ1n) is 9.60. The average Bonchev–Trinajstić information content (AvgIpc) is 2.81. The van der Waals surface area contributed by atoms with Crippen molar-refractivity contribution in [1.29, 1.82) is 0 Å². The third-order valence-corrected chi connectivity index (χ3v) is 7.50. The maximum absolute atomic E-state index is 13.5. The van der Waals surface area contributed by atoms with Gasteiger partial charge in [-0.15, -0.1) is 0 Å². The molecule has 0 saturated carbocycles. The van der Waals surface area contributed by atoms with Crippen LogP contribution in [-0.2, 0) is 14.6 Å². The third kappa shape index (κ3) is 3.84. The van der Waals surface area contributed by atoms with E-state index < -0.39 is 15.4 Å². The zero-order valence-electron chi connectivity index (χ0n) is 16.6. The number of sulfone groups is 1. The number of carbonyl (C=O) groups excluding carboxylic acids is 1.